The normalized spacial score (nSPS) is 18.4. The molecule has 2 rings (SSSR count). The van der Waals surface area contributed by atoms with Gasteiger partial charge in [-0.15, -0.1) is 0 Å². The summed E-state index contributed by atoms with van der Waals surface area (Å²) in [6.45, 7) is 7.45. The van der Waals surface area contributed by atoms with E-state index in [0.717, 1.165) is 12.2 Å². The minimum Gasteiger partial charge on any atom is -0.365 e. The van der Waals surface area contributed by atoms with Crippen LogP contribution in [0.4, 0.5) is 5.69 Å². The molecule has 0 bridgehead atoms. The van der Waals surface area contributed by atoms with Crippen LogP contribution >= 0.6 is 0 Å². The van der Waals surface area contributed by atoms with Crippen molar-refractivity contribution in [2.45, 2.75) is 45.6 Å². The van der Waals surface area contributed by atoms with Crippen LogP contribution in [-0.4, -0.2) is 22.9 Å². The second-order valence-corrected chi connectivity index (χ2v) is 5.25. The van der Waals surface area contributed by atoms with Gasteiger partial charge in [0.2, 0.25) is 0 Å². The Kier molecular flexibility index (Phi) is 3.18. The number of rotatable bonds is 3. The molecule has 3 nitrogen and oxygen atoms in total. The Labute approximate surface area is 103 Å². The summed E-state index contributed by atoms with van der Waals surface area (Å²) in [7, 11) is 0. The van der Waals surface area contributed by atoms with E-state index >= 15 is 0 Å². The highest BCUT2D eigenvalue weighted by molar-refractivity contribution is 5.94. The number of anilines is 1. The van der Waals surface area contributed by atoms with Crippen molar-refractivity contribution in [3.8, 4) is 0 Å². The lowest BCUT2D eigenvalue weighted by atomic mass is 10.0. The highest BCUT2D eigenvalue weighted by Crippen LogP contribution is 2.32. The monoisotopic (exact) mass is 232 g/mol. The van der Waals surface area contributed by atoms with E-state index in [4.69, 9.17) is 0 Å². The van der Waals surface area contributed by atoms with E-state index in [-0.39, 0.29) is 11.3 Å². The Morgan fingerprint density at radius 3 is 2.71 bits per heavy atom. The van der Waals surface area contributed by atoms with Gasteiger partial charge in [-0.3, -0.25) is 9.78 Å². The van der Waals surface area contributed by atoms with Crippen LogP contribution in [0.2, 0.25) is 0 Å². The average Bonchev–Trinajstić information content (AvgIpc) is 2.68. The smallest absolute Gasteiger partial charge is 0.180 e. The first-order chi connectivity index (χ1) is 8.04. The van der Waals surface area contributed by atoms with E-state index in [0.29, 0.717) is 12.1 Å². The SMILES string of the molecule is CCC(=O)c1ccc(N2CCCC2(C)C)cn1. The van der Waals surface area contributed by atoms with Gasteiger partial charge < -0.3 is 4.90 Å². The van der Waals surface area contributed by atoms with Gasteiger partial charge in [-0.1, -0.05) is 6.92 Å². The standard InChI is InChI=1S/C14H20N2O/c1-4-13(17)12-7-6-11(10-15-12)16-9-5-8-14(16,2)3/h6-7,10H,4-5,8-9H2,1-3H3. The number of hydrogen-bond acceptors (Lipinski definition) is 3. The van der Waals surface area contributed by atoms with E-state index in [2.05, 4.69) is 23.7 Å². The molecule has 17 heavy (non-hydrogen) atoms. The topological polar surface area (TPSA) is 33.2 Å². The molecule has 2 heterocycles. The molecule has 0 radical (unpaired) electrons. The summed E-state index contributed by atoms with van der Waals surface area (Å²) in [6.07, 6.45) is 4.78. The first-order valence-corrected chi connectivity index (χ1v) is 6.31. The minimum atomic E-state index is 0.109. The number of carbonyl (C=O) groups excluding carboxylic acids is 1. The Morgan fingerprint density at radius 2 is 2.24 bits per heavy atom. The fraction of sp³-hybridized carbons (Fsp3) is 0.571. The lowest BCUT2D eigenvalue weighted by Crippen LogP contribution is -2.38. The van der Waals surface area contributed by atoms with E-state index < -0.39 is 0 Å². The molecule has 1 aliphatic heterocycles. The lowest BCUT2D eigenvalue weighted by molar-refractivity contribution is 0.0983. The van der Waals surface area contributed by atoms with Gasteiger partial charge in [0.25, 0.3) is 0 Å². The van der Waals surface area contributed by atoms with Crippen molar-refractivity contribution in [3.63, 3.8) is 0 Å². The van der Waals surface area contributed by atoms with Crippen LogP contribution in [0.25, 0.3) is 0 Å². The number of carbonyl (C=O) groups is 1. The molecule has 0 spiro atoms. The van der Waals surface area contributed by atoms with Crippen molar-refractivity contribution in [1.82, 2.24) is 4.98 Å². The van der Waals surface area contributed by atoms with Gasteiger partial charge in [0.1, 0.15) is 5.69 Å². The third-order valence-corrected chi connectivity index (χ3v) is 3.57. The summed E-state index contributed by atoms with van der Waals surface area (Å²) in [5.41, 5.74) is 1.91. The van der Waals surface area contributed by atoms with E-state index in [1.165, 1.54) is 12.8 Å². The number of pyridine rings is 1. The molecule has 0 amide bonds. The van der Waals surface area contributed by atoms with Crippen molar-refractivity contribution in [2.75, 3.05) is 11.4 Å². The Bertz CT molecular complexity index is 409. The molecule has 3 heteroatoms. The predicted octanol–water partition coefficient (Wildman–Crippen LogP) is 3.05. The summed E-state index contributed by atoms with van der Waals surface area (Å²) >= 11 is 0. The Hall–Kier alpha value is -1.38. The number of Topliss-reactive ketones (excluding diaryl/α,β-unsaturated/α-hetero) is 1. The van der Waals surface area contributed by atoms with Crippen LogP contribution in [-0.2, 0) is 0 Å². The van der Waals surface area contributed by atoms with Gasteiger partial charge in [0, 0.05) is 18.5 Å². The molecular weight excluding hydrogens is 212 g/mol. The zero-order valence-electron chi connectivity index (χ0n) is 10.9. The van der Waals surface area contributed by atoms with Gasteiger partial charge in [-0.2, -0.15) is 0 Å². The third kappa shape index (κ3) is 2.33. The lowest BCUT2D eigenvalue weighted by Gasteiger charge is -2.33. The second-order valence-electron chi connectivity index (χ2n) is 5.25. The molecule has 0 saturated carbocycles. The largest absolute Gasteiger partial charge is 0.365 e. The maximum absolute atomic E-state index is 11.5. The van der Waals surface area contributed by atoms with Crippen LogP contribution in [0.15, 0.2) is 18.3 Å². The van der Waals surface area contributed by atoms with Crippen molar-refractivity contribution in [2.24, 2.45) is 0 Å². The number of aromatic nitrogens is 1. The van der Waals surface area contributed by atoms with Gasteiger partial charge in [-0.05, 0) is 38.8 Å². The minimum absolute atomic E-state index is 0.109. The van der Waals surface area contributed by atoms with Crippen molar-refractivity contribution in [1.29, 1.82) is 0 Å². The van der Waals surface area contributed by atoms with Crippen molar-refractivity contribution >= 4 is 11.5 Å². The molecule has 1 aromatic heterocycles. The third-order valence-electron chi connectivity index (χ3n) is 3.57. The van der Waals surface area contributed by atoms with E-state index in [9.17, 15) is 4.79 Å². The van der Waals surface area contributed by atoms with Crippen LogP contribution in [0.3, 0.4) is 0 Å². The fourth-order valence-corrected chi connectivity index (χ4v) is 2.48. The quantitative estimate of drug-likeness (QED) is 0.751. The first kappa shape index (κ1) is 12.1. The molecule has 0 unspecified atom stereocenters. The van der Waals surface area contributed by atoms with Gasteiger partial charge in [-0.25, -0.2) is 0 Å². The highest BCUT2D eigenvalue weighted by Gasteiger charge is 2.32. The van der Waals surface area contributed by atoms with Gasteiger partial charge >= 0.3 is 0 Å². The molecule has 92 valence electrons. The maximum atomic E-state index is 11.5. The van der Waals surface area contributed by atoms with E-state index in [1.54, 1.807) is 0 Å². The van der Waals surface area contributed by atoms with Crippen molar-refractivity contribution in [3.05, 3.63) is 24.0 Å². The molecule has 1 aromatic rings. The molecule has 1 aliphatic rings. The predicted molar refractivity (Wildman–Crippen MR) is 69.5 cm³/mol. The van der Waals surface area contributed by atoms with Crippen LogP contribution < -0.4 is 4.90 Å². The molecule has 0 atom stereocenters. The number of ketones is 1. The summed E-state index contributed by atoms with van der Waals surface area (Å²) in [5.74, 6) is 0.109. The summed E-state index contributed by atoms with van der Waals surface area (Å²) < 4.78 is 0. The number of hydrogen-bond donors (Lipinski definition) is 0. The molecular formula is C14H20N2O. The van der Waals surface area contributed by atoms with Gasteiger partial charge in [0.05, 0.1) is 11.9 Å². The molecule has 1 saturated heterocycles. The van der Waals surface area contributed by atoms with Crippen LogP contribution in [0, 0.1) is 0 Å². The van der Waals surface area contributed by atoms with Crippen molar-refractivity contribution < 1.29 is 4.79 Å². The summed E-state index contributed by atoms with van der Waals surface area (Å²) in [6, 6.07) is 3.86. The Morgan fingerprint density at radius 1 is 1.47 bits per heavy atom. The maximum Gasteiger partial charge on any atom is 0.180 e. The summed E-state index contributed by atoms with van der Waals surface area (Å²) in [4.78, 5) is 18.1. The molecule has 0 aliphatic carbocycles. The Balaban J connectivity index is 2.21. The van der Waals surface area contributed by atoms with E-state index in [1.807, 2.05) is 25.3 Å². The van der Waals surface area contributed by atoms with Gasteiger partial charge in [0.15, 0.2) is 5.78 Å². The van der Waals surface area contributed by atoms with Crippen LogP contribution in [0.5, 0.6) is 0 Å². The zero-order valence-corrected chi connectivity index (χ0v) is 10.9. The molecule has 0 N–H and O–H groups in total. The summed E-state index contributed by atoms with van der Waals surface area (Å²) in [5, 5.41) is 0. The fourth-order valence-electron chi connectivity index (χ4n) is 2.48. The molecule has 1 fully saturated rings. The molecule has 0 aromatic carbocycles. The number of nitrogens with zero attached hydrogens (tertiary/aromatic N) is 2. The second kappa shape index (κ2) is 4.47. The first-order valence-electron chi connectivity index (χ1n) is 6.31. The highest BCUT2D eigenvalue weighted by atomic mass is 16.1. The van der Waals surface area contributed by atoms with Crippen LogP contribution in [0.1, 0.15) is 50.5 Å². The average molecular weight is 232 g/mol. The zero-order chi connectivity index (χ0) is 12.5.